The second-order valence-electron chi connectivity index (χ2n) is 7.07. The van der Waals surface area contributed by atoms with Crippen molar-refractivity contribution in [2.24, 2.45) is 5.92 Å². The van der Waals surface area contributed by atoms with Crippen LogP contribution in [0.4, 0.5) is 5.69 Å². The van der Waals surface area contributed by atoms with Crippen LogP contribution in [0.5, 0.6) is 11.5 Å². The molecule has 2 aliphatic rings. The van der Waals surface area contributed by atoms with Crippen molar-refractivity contribution >= 4 is 28.8 Å². The molecule has 1 saturated heterocycles. The van der Waals surface area contributed by atoms with Gasteiger partial charge in [-0.1, -0.05) is 6.07 Å². The van der Waals surface area contributed by atoms with Gasteiger partial charge in [-0.15, -0.1) is 11.3 Å². The molecule has 3 aromatic rings. The van der Waals surface area contributed by atoms with Crippen LogP contribution >= 0.6 is 11.3 Å². The zero-order valence-electron chi connectivity index (χ0n) is 16.0. The van der Waals surface area contributed by atoms with E-state index in [9.17, 15) is 9.59 Å². The van der Waals surface area contributed by atoms with E-state index in [1.54, 1.807) is 17.0 Å². The molecule has 0 unspecified atom stereocenters. The molecule has 4 heterocycles. The number of carbonyl (C=O) groups is 2. The van der Waals surface area contributed by atoms with Gasteiger partial charge in [-0.2, -0.15) is 0 Å². The number of ether oxygens (including phenoxy) is 2. The van der Waals surface area contributed by atoms with Gasteiger partial charge in [0.25, 0.3) is 0 Å². The van der Waals surface area contributed by atoms with E-state index in [0.717, 1.165) is 4.88 Å². The summed E-state index contributed by atoms with van der Waals surface area (Å²) >= 11 is 1.54. The van der Waals surface area contributed by atoms with Crippen molar-refractivity contribution in [3.05, 3.63) is 47.7 Å². The molecule has 0 bridgehead atoms. The highest BCUT2D eigenvalue weighted by atomic mass is 32.1. The highest BCUT2D eigenvalue weighted by molar-refractivity contribution is 7.13. The average Bonchev–Trinajstić information content (AvgIpc) is 3.52. The summed E-state index contributed by atoms with van der Waals surface area (Å²) in [5.41, 5.74) is 1.34. The molecule has 2 amide bonds. The van der Waals surface area contributed by atoms with Crippen LogP contribution in [0, 0.1) is 5.92 Å². The van der Waals surface area contributed by atoms with Gasteiger partial charge >= 0.3 is 0 Å². The number of aromatic nitrogens is 1. The number of oxazole rings is 1. The molecule has 9 heteroatoms. The first-order valence-electron chi connectivity index (χ1n) is 9.63. The molecule has 1 aromatic carbocycles. The van der Waals surface area contributed by atoms with Gasteiger partial charge < -0.3 is 24.1 Å². The van der Waals surface area contributed by atoms with Crippen LogP contribution in [0.3, 0.4) is 0 Å². The number of nitrogens with zero attached hydrogens (tertiary/aromatic N) is 2. The standard InChI is InChI=1S/C21H19N3O5S/c25-19-8-13(11-24(19)15-3-4-16-17(9-15)28-6-5-27-16)20(26)22-10-14-12-29-21(23-14)18-2-1-7-30-18/h1-4,7,9,12-13H,5-6,8,10-11H2,(H,22,26)/t13-/m0/s1. The van der Waals surface area contributed by atoms with Crippen LogP contribution < -0.4 is 19.7 Å². The number of hydrogen-bond donors (Lipinski definition) is 1. The molecule has 2 aromatic heterocycles. The summed E-state index contributed by atoms with van der Waals surface area (Å²) in [5, 5.41) is 4.81. The minimum Gasteiger partial charge on any atom is -0.486 e. The van der Waals surface area contributed by atoms with E-state index < -0.39 is 5.92 Å². The average molecular weight is 425 g/mol. The number of hydrogen-bond acceptors (Lipinski definition) is 7. The molecular weight excluding hydrogens is 406 g/mol. The van der Waals surface area contributed by atoms with E-state index in [4.69, 9.17) is 13.9 Å². The van der Waals surface area contributed by atoms with Crippen molar-refractivity contribution in [2.75, 3.05) is 24.7 Å². The summed E-state index contributed by atoms with van der Waals surface area (Å²) < 4.78 is 16.6. The molecule has 1 fully saturated rings. The number of rotatable bonds is 5. The Morgan fingerprint density at radius 2 is 2.10 bits per heavy atom. The molecule has 0 saturated carbocycles. The normalized spacial score (nSPS) is 17.9. The highest BCUT2D eigenvalue weighted by Crippen LogP contribution is 2.36. The van der Waals surface area contributed by atoms with Crippen molar-refractivity contribution in [2.45, 2.75) is 13.0 Å². The van der Waals surface area contributed by atoms with Crippen molar-refractivity contribution in [1.29, 1.82) is 0 Å². The van der Waals surface area contributed by atoms with Crippen LogP contribution in [-0.2, 0) is 16.1 Å². The molecule has 8 nitrogen and oxygen atoms in total. The van der Waals surface area contributed by atoms with Crippen LogP contribution in [-0.4, -0.2) is 36.6 Å². The third-order valence-corrected chi connectivity index (χ3v) is 5.92. The zero-order valence-corrected chi connectivity index (χ0v) is 16.8. The Morgan fingerprint density at radius 3 is 2.93 bits per heavy atom. The van der Waals surface area contributed by atoms with E-state index in [2.05, 4.69) is 10.3 Å². The van der Waals surface area contributed by atoms with Crippen molar-refractivity contribution in [3.8, 4) is 22.3 Å². The molecule has 2 aliphatic heterocycles. The summed E-state index contributed by atoms with van der Waals surface area (Å²) in [4.78, 5) is 32.1. The maximum absolute atomic E-state index is 12.6. The Morgan fingerprint density at radius 1 is 1.23 bits per heavy atom. The number of anilines is 1. The monoisotopic (exact) mass is 425 g/mol. The van der Waals surface area contributed by atoms with Crippen LogP contribution in [0.2, 0.25) is 0 Å². The van der Waals surface area contributed by atoms with E-state index in [1.165, 1.54) is 17.6 Å². The SMILES string of the molecule is O=C(NCc1coc(-c2cccs2)n1)[C@H]1CC(=O)N(c2ccc3c(c2)OCCO3)C1. The number of thiophene rings is 1. The predicted molar refractivity (Wildman–Crippen MR) is 110 cm³/mol. The lowest BCUT2D eigenvalue weighted by Crippen LogP contribution is -2.32. The predicted octanol–water partition coefficient (Wildman–Crippen LogP) is 2.84. The van der Waals surface area contributed by atoms with Gasteiger partial charge in [0.05, 0.1) is 23.0 Å². The van der Waals surface area contributed by atoms with Gasteiger partial charge in [0.2, 0.25) is 17.7 Å². The number of benzene rings is 1. The van der Waals surface area contributed by atoms with Gasteiger partial charge in [0.1, 0.15) is 19.5 Å². The molecule has 30 heavy (non-hydrogen) atoms. The summed E-state index contributed by atoms with van der Waals surface area (Å²) in [7, 11) is 0. The van der Waals surface area contributed by atoms with Gasteiger partial charge in [-0.05, 0) is 23.6 Å². The Hall–Kier alpha value is -3.33. The lowest BCUT2D eigenvalue weighted by atomic mass is 10.1. The Bertz CT molecular complexity index is 1080. The number of carbonyl (C=O) groups excluding carboxylic acids is 2. The zero-order chi connectivity index (χ0) is 20.5. The second kappa shape index (κ2) is 7.83. The molecule has 0 spiro atoms. The van der Waals surface area contributed by atoms with Crippen LogP contribution in [0.1, 0.15) is 12.1 Å². The van der Waals surface area contributed by atoms with E-state index >= 15 is 0 Å². The first-order valence-corrected chi connectivity index (χ1v) is 10.5. The lowest BCUT2D eigenvalue weighted by molar-refractivity contribution is -0.126. The fraction of sp³-hybridized carbons (Fsp3) is 0.286. The molecule has 154 valence electrons. The third-order valence-electron chi connectivity index (χ3n) is 5.06. The lowest BCUT2D eigenvalue weighted by Gasteiger charge is -2.22. The molecule has 1 atom stereocenters. The summed E-state index contributed by atoms with van der Waals surface area (Å²) in [6.07, 6.45) is 1.70. The van der Waals surface area contributed by atoms with Gasteiger partial charge in [0, 0.05) is 24.7 Å². The quantitative estimate of drug-likeness (QED) is 0.676. The third kappa shape index (κ3) is 3.63. The molecule has 1 N–H and O–H groups in total. The van der Waals surface area contributed by atoms with Crippen molar-refractivity contribution < 1.29 is 23.5 Å². The Balaban J connectivity index is 1.21. The minimum atomic E-state index is -0.422. The van der Waals surface area contributed by atoms with Crippen LogP contribution in [0.15, 0.2) is 46.4 Å². The molecule has 5 rings (SSSR count). The second-order valence-corrected chi connectivity index (χ2v) is 8.02. The van der Waals surface area contributed by atoms with Crippen LogP contribution in [0.25, 0.3) is 10.8 Å². The maximum atomic E-state index is 12.6. The van der Waals surface area contributed by atoms with E-state index in [0.29, 0.717) is 48.5 Å². The number of nitrogens with one attached hydrogen (secondary N) is 1. The Kier molecular flexibility index (Phi) is 4.88. The fourth-order valence-electron chi connectivity index (χ4n) is 3.56. The smallest absolute Gasteiger partial charge is 0.236 e. The molecule has 0 aliphatic carbocycles. The minimum absolute atomic E-state index is 0.0896. The molecular formula is C21H19N3O5S. The van der Waals surface area contributed by atoms with Gasteiger partial charge in [0.15, 0.2) is 11.5 Å². The van der Waals surface area contributed by atoms with Crippen molar-refractivity contribution in [1.82, 2.24) is 10.3 Å². The number of amides is 2. The summed E-state index contributed by atoms with van der Waals surface area (Å²) in [6, 6.07) is 9.24. The largest absolute Gasteiger partial charge is 0.486 e. The maximum Gasteiger partial charge on any atom is 0.236 e. The van der Waals surface area contributed by atoms with E-state index in [1.807, 2.05) is 23.6 Å². The summed E-state index contributed by atoms with van der Waals surface area (Å²) in [5.74, 6) is 1.13. The topological polar surface area (TPSA) is 93.9 Å². The van der Waals surface area contributed by atoms with Gasteiger partial charge in [-0.25, -0.2) is 4.98 Å². The highest BCUT2D eigenvalue weighted by Gasteiger charge is 2.35. The summed E-state index contributed by atoms with van der Waals surface area (Å²) in [6.45, 7) is 1.56. The number of fused-ring (bicyclic) bond motifs is 1. The first kappa shape index (κ1) is 18.7. The molecule has 0 radical (unpaired) electrons. The van der Waals surface area contributed by atoms with Crippen molar-refractivity contribution in [3.63, 3.8) is 0 Å². The van der Waals surface area contributed by atoms with E-state index in [-0.39, 0.29) is 24.8 Å². The van der Waals surface area contributed by atoms with Gasteiger partial charge in [-0.3, -0.25) is 9.59 Å². The fourth-order valence-corrected chi connectivity index (χ4v) is 4.21. The Labute approximate surface area is 176 Å². The first-order chi connectivity index (χ1) is 14.7.